The van der Waals surface area contributed by atoms with E-state index in [-0.39, 0.29) is 0 Å². The van der Waals surface area contributed by atoms with E-state index in [9.17, 15) is 0 Å². The Morgan fingerprint density at radius 3 is 2.63 bits per heavy atom. The Morgan fingerprint density at radius 1 is 1.26 bits per heavy atom. The monoisotopic (exact) mass is 265 g/mol. The van der Waals surface area contributed by atoms with Crippen LogP contribution < -0.4 is 5.32 Å². The van der Waals surface area contributed by atoms with Crippen LogP contribution in [-0.2, 0) is 4.74 Å². The maximum atomic E-state index is 5.56. The van der Waals surface area contributed by atoms with Crippen molar-refractivity contribution in [3.8, 4) is 0 Å². The molecular weight excluding hydrogens is 234 g/mol. The molecule has 0 spiro atoms. The van der Waals surface area contributed by atoms with Crippen molar-refractivity contribution in [2.24, 2.45) is 11.8 Å². The Labute approximate surface area is 119 Å². The highest BCUT2D eigenvalue weighted by Crippen LogP contribution is 2.36. The molecule has 1 unspecified atom stereocenters. The van der Waals surface area contributed by atoms with Crippen LogP contribution in [0.25, 0.3) is 0 Å². The van der Waals surface area contributed by atoms with Gasteiger partial charge in [-0.3, -0.25) is 0 Å². The van der Waals surface area contributed by atoms with Crippen molar-refractivity contribution in [2.45, 2.75) is 71.3 Å². The SMILES string of the molecule is CCCC1CCC(C(NCC)C2=COCCC2)CC1. The zero-order valence-corrected chi connectivity index (χ0v) is 12.8. The first-order valence-electron chi connectivity index (χ1n) is 8.39. The van der Waals surface area contributed by atoms with E-state index in [1.54, 1.807) is 0 Å². The Balaban J connectivity index is 1.91. The van der Waals surface area contributed by atoms with E-state index in [1.807, 2.05) is 0 Å². The van der Waals surface area contributed by atoms with Gasteiger partial charge in [-0.25, -0.2) is 0 Å². The molecule has 1 N–H and O–H groups in total. The predicted molar refractivity (Wildman–Crippen MR) is 81.1 cm³/mol. The van der Waals surface area contributed by atoms with Crippen LogP contribution in [0.5, 0.6) is 0 Å². The van der Waals surface area contributed by atoms with E-state index in [0.717, 1.165) is 25.0 Å². The quantitative estimate of drug-likeness (QED) is 0.774. The highest BCUT2D eigenvalue weighted by Gasteiger charge is 2.29. The Morgan fingerprint density at radius 2 is 2.05 bits per heavy atom. The Bertz CT molecular complexity index is 279. The van der Waals surface area contributed by atoms with Crippen molar-refractivity contribution in [3.63, 3.8) is 0 Å². The van der Waals surface area contributed by atoms with Gasteiger partial charge in [-0.05, 0) is 49.6 Å². The first kappa shape index (κ1) is 14.9. The van der Waals surface area contributed by atoms with Crippen LogP contribution in [0.4, 0.5) is 0 Å². The lowest BCUT2D eigenvalue weighted by molar-refractivity contribution is 0.194. The average Bonchev–Trinajstić information content (AvgIpc) is 2.47. The maximum absolute atomic E-state index is 5.56. The lowest BCUT2D eigenvalue weighted by Crippen LogP contribution is -2.40. The second-order valence-corrected chi connectivity index (χ2v) is 6.27. The van der Waals surface area contributed by atoms with Gasteiger partial charge in [-0.2, -0.15) is 0 Å². The van der Waals surface area contributed by atoms with Gasteiger partial charge in [0.25, 0.3) is 0 Å². The van der Waals surface area contributed by atoms with Gasteiger partial charge in [0.2, 0.25) is 0 Å². The molecule has 0 aromatic rings. The minimum absolute atomic E-state index is 0.577. The Hall–Kier alpha value is -0.500. The van der Waals surface area contributed by atoms with E-state index in [2.05, 4.69) is 25.4 Å². The molecule has 1 fully saturated rings. The summed E-state index contributed by atoms with van der Waals surface area (Å²) in [5.41, 5.74) is 1.52. The maximum Gasteiger partial charge on any atom is 0.0876 e. The van der Waals surface area contributed by atoms with E-state index in [4.69, 9.17) is 4.74 Å². The van der Waals surface area contributed by atoms with Crippen LogP contribution in [-0.4, -0.2) is 19.2 Å². The van der Waals surface area contributed by atoms with Crippen LogP contribution in [0.3, 0.4) is 0 Å². The third kappa shape index (κ3) is 4.24. The van der Waals surface area contributed by atoms with Gasteiger partial charge in [0, 0.05) is 6.04 Å². The lowest BCUT2D eigenvalue weighted by atomic mass is 9.75. The van der Waals surface area contributed by atoms with E-state index >= 15 is 0 Å². The first-order valence-corrected chi connectivity index (χ1v) is 8.39. The van der Waals surface area contributed by atoms with E-state index in [1.165, 1.54) is 56.9 Å². The largest absolute Gasteiger partial charge is 0.501 e. The molecule has 19 heavy (non-hydrogen) atoms. The fourth-order valence-corrected chi connectivity index (χ4v) is 3.85. The molecule has 110 valence electrons. The molecule has 2 nitrogen and oxygen atoms in total. The van der Waals surface area contributed by atoms with Crippen LogP contribution >= 0.6 is 0 Å². The highest BCUT2D eigenvalue weighted by atomic mass is 16.5. The van der Waals surface area contributed by atoms with Crippen LogP contribution in [0.2, 0.25) is 0 Å². The fraction of sp³-hybridized carbons (Fsp3) is 0.882. The van der Waals surface area contributed by atoms with Crippen LogP contribution in [0, 0.1) is 11.8 Å². The zero-order chi connectivity index (χ0) is 13.5. The fourth-order valence-electron chi connectivity index (χ4n) is 3.85. The molecule has 0 radical (unpaired) electrons. The molecule has 0 saturated heterocycles. The topological polar surface area (TPSA) is 21.3 Å². The Kier molecular flexibility index (Phi) is 6.22. The van der Waals surface area contributed by atoms with Gasteiger partial charge in [-0.1, -0.05) is 39.5 Å². The van der Waals surface area contributed by atoms with Gasteiger partial charge in [0.05, 0.1) is 12.9 Å². The summed E-state index contributed by atoms with van der Waals surface area (Å²) in [6.07, 6.45) is 12.9. The summed E-state index contributed by atoms with van der Waals surface area (Å²) in [6.45, 7) is 6.51. The summed E-state index contributed by atoms with van der Waals surface area (Å²) in [5.74, 6) is 1.83. The second-order valence-electron chi connectivity index (χ2n) is 6.27. The van der Waals surface area contributed by atoms with Gasteiger partial charge < -0.3 is 10.1 Å². The number of rotatable bonds is 6. The summed E-state index contributed by atoms with van der Waals surface area (Å²) in [6, 6.07) is 0.577. The summed E-state index contributed by atoms with van der Waals surface area (Å²) < 4.78 is 5.56. The molecule has 0 aromatic carbocycles. The van der Waals surface area contributed by atoms with Gasteiger partial charge in [-0.15, -0.1) is 0 Å². The third-order valence-corrected chi connectivity index (χ3v) is 4.85. The van der Waals surface area contributed by atoms with Crippen molar-refractivity contribution in [3.05, 3.63) is 11.8 Å². The molecule has 1 heterocycles. The molecule has 0 amide bonds. The summed E-state index contributed by atoms with van der Waals surface area (Å²) >= 11 is 0. The summed E-state index contributed by atoms with van der Waals surface area (Å²) in [5, 5.41) is 3.72. The van der Waals surface area contributed by atoms with Crippen molar-refractivity contribution in [1.29, 1.82) is 0 Å². The highest BCUT2D eigenvalue weighted by molar-refractivity contribution is 5.12. The zero-order valence-electron chi connectivity index (χ0n) is 12.8. The number of nitrogens with one attached hydrogen (secondary N) is 1. The van der Waals surface area contributed by atoms with E-state index in [0.29, 0.717) is 6.04 Å². The number of hydrogen-bond donors (Lipinski definition) is 1. The molecule has 2 aliphatic rings. The molecule has 1 saturated carbocycles. The summed E-state index contributed by atoms with van der Waals surface area (Å²) in [4.78, 5) is 0. The van der Waals surface area contributed by atoms with Gasteiger partial charge in [0.15, 0.2) is 0 Å². The number of hydrogen-bond acceptors (Lipinski definition) is 2. The molecular formula is C17H31NO. The molecule has 0 bridgehead atoms. The minimum Gasteiger partial charge on any atom is -0.501 e. The molecule has 2 heteroatoms. The molecule has 0 aromatic heterocycles. The smallest absolute Gasteiger partial charge is 0.0876 e. The average molecular weight is 265 g/mol. The summed E-state index contributed by atoms with van der Waals surface area (Å²) in [7, 11) is 0. The van der Waals surface area contributed by atoms with Crippen molar-refractivity contribution < 1.29 is 4.74 Å². The first-order chi connectivity index (χ1) is 9.35. The predicted octanol–water partition coefficient (Wildman–Crippen LogP) is 4.27. The van der Waals surface area contributed by atoms with Gasteiger partial charge in [0.1, 0.15) is 0 Å². The van der Waals surface area contributed by atoms with Crippen LogP contribution in [0.15, 0.2) is 11.8 Å². The van der Waals surface area contributed by atoms with Crippen LogP contribution in [0.1, 0.15) is 65.2 Å². The lowest BCUT2D eigenvalue weighted by Gasteiger charge is -2.36. The normalized spacial score (nSPS) is 29.5. The van der Waals surface area contributed by atoms with Gasteiger partial charge >= 0.3 is 0 Å². The molecule has 1 aliphatic heterocycles. The molecule has 1 atom stereocenters. The minimum atomic E-state index is 0.577. The van der Waals surface area contributed by atoms with Crippen molar-refractivity contribution in [2.75, 3.05) is 13.2 Å². The molecule has 2 rings (SSSR count). The standard InChI is InChI=1S/C17H31NO/c1-3-6-14-8-10-15(11-9-14)17(18-4-2)16-7-5-12-19-13-16/h13-15,17-18H,3-12H2,1-2H3. The number of ether oxygens (including phenoxy) is 1. The van der Waals surface area contributed by atoms with Crippen molar-refractivity contribution >= 4 is 0 Å². The third-order valence-electron chi connectivity index (χ3n) is 4.85. The van der Waals surface area contributed by atoms with E-state index < -0.39 is 0 Å². The second kappa shape index (κ2) is 7.94. The number of likely N-dealkylation sites (N-methyl/N-ethyl adjacent to an activating group) is 1. The van der Waals surface area contributed by atoms with Crippen molar-refractivity contribution in [1.82, 2.24) is 5.32 Å². The molecule has 1 aliphatic carbocycles.